The summed E-state index contributed by atoms with van der Waals surface area (Å²) in [6.07, 6.45) is -2.71. The summed E-state index contributed by atoms with van der Waals surface area (Å²) in [4.78, 5) is 29.1. The first-order valence-corrected chi connectivity index (χ1v) is 22.0. The van der Waals surface area contributed by atoms with Crippen molar-refractivity contribution < 1.29 is 69.4 Å². The highest BCUT2D eigenvalue weighted by Crippen LogP contribution is 2.31. The van der Waals surface area contributed by atoms with Crippen LogP contribution in [-0.2, 0) is 67.1 Å². The molecule has 1 aliphatic rings. The summed E-state index contributed by atoms with van der Waals surface area (Å²) in [6.45, 7) is 5.65. The van der Waals surface area contributed by atoms with Gasteiger partial charge in [0.05, 0.1) is 95.4 Å². The predicted octanol–water partition coefficient (Wildman–Crippen LogP) is 3.31. The van der Waals surface area contributed by atoms with Gasteiger partial charge in [0.25, 0.3) is 0 Å². The smallest absolute Gasteiger partial charge is 0.416 e. The number of amides is 1. The normalized spacial score (nSPS) is 13.2. The molecule has 0 fully saturated rings. The third-order valence-corrected chi connectivity index (χ3v) is 10.4. The molecule has 0 spiro atoms. The van der Waals surface area contributed by atoms with E-state index < -0.39 is 51.0 Å². The van der Waals surface area contributed by atoms with Crippen molar-refractivity contribution >= 4 is 39.2 Å². The zero-order valence-corrected chi connectivity index (χ0v) is 35.7. The van der Waals surface area contributed by atoms with Gasteiger partial charge in [-0.05, 0) is 73.2 Å². The molecule has 1 amide bonds. The van der Waals surface area contributed by atoms with E-state index in [9.17, 15) is 36.3 Å². The van der Waals surface area contributed by atoms with Crippen LogP contribution < -0.4 is 31.1 Å². The number of benzene rings is 2. The number of sulfonamides is 1. The third kappa shape index (κ3) is 19.3. The molecule has 350 valence electrons. The summed E-state index contributed by atoms with van der Waals surface area (Å²) in [5, 5.41) is 19.2. The van der Waals surface area contributed by atoms with Gasteiger partial charge in [-0.3, -0.25) is 9.59 Å². The Hall–Kier alpha value is -4.65. The lowest BCUT2D eigenvalue weighted by Crippen LogP contribution is -2.42. The molecule has 63 heavy (non-hydrogen) atoms. The van der Waals surface area contributed by atoms with E-state index in [1.165, 1.54) is 18.2 Å². The van der Waals surface area contributed by atoms with Crippen molar-refractivity contribution in [1.29, 1.82) is 0 Å². The number of hydrogen-bond acceptors (Lipinski definition) is 15. The molecule has 1 aromatic heterocycles. The number of nitrogens with one attached hydrogen (secondary N) is 4. The van der Waals surface area contributed by atoms with Crippen molar-refractivity contribution in [2.24, 2.45) is 5.73 Å². The van der Waals surface area contributed by atoms with Crippen LogP contribution in [0.2, 0.25) is 0 Å². The Kier molecular flexibility index (Phi) is 22.3. The molecule has 0 unspecified atom stereocenters. The van der Waals surface area contributed by atoms with Gasteiger partial charge < -0.3 is 59.9 Å². The minimum Gasteiger partial charge on any atom is -0.491 e. The van der Waals surface area contributed by atoms with Crippen LogP contribution >= 0.6 is 0 Å². The summed E-state index contributed by atoms with van der Waals surface area (Å²) in [6, 6.07) is 9.53. The van der Waals surface area contributed by atoms with Gasteiger partial charge in [0.15, 0.2) is 0 Å². The second-order valence-corrected chi connectivity index (χ2v) is 15.6. The molecule has 0 saturated carbocycles. The summed E-state index contributed by atoms with van der Waals surface area (Å²) < 4.78 is 106. The van der Waals surface area contributed by atoms with Crippen LogP contribution in [0.25, 0.3) is 0 Å². The van der Waals surface area contributed by atoms with Gasteiger partial charge in [-0.2, -0.15) is 17.9 Å². The molecule has 1 atom stereocenters. The number of aromatic nitrogens is 1. The number of aryl methyl sites for hydroxylation is 1. The average Bonchev–Trinajstić information content (AvgIpc) is 3.26. The Morgan fingerprint density at radius 3 is 2.13 bits per heavy atom. The van der Waals surface area contributed by atoms with Crippen LogP contribution in [0, 0.1) is 0 Å². The van der Waals surface area contributed by atoms with E-state index in [0.717, 1.165) is 42.9 Å². The molecule has 0 saturated heterocycles. The number of fused-ring (bicyclic) bond motifs is 1. The molecular weight excluding hydrogens is 858 g/mol. The first-order valence-electron chi connectivity index (χ1n) is 20.5. The van der Waals surface area contributed by atoms with Gasteiger partial charge in [-0.15, -0.1) is 0 Å². The number of ether oxygens (including phenoxy) is 7. The summed E-state index contributed by atoms with van der Waals surface area (Å²) >= 11 is 0. The quantitative estimate of drug-likeness (QED) is 0.0493. The standard InChI is InChI=1S/C41H57F3N6O12S/c42-41(43,44)32-5-1-6-33(28-32)63(54,55)50-35(40(52)53)27-30-7-9-36(62-14-3-13-46-37-10-8-31-4-2-12-47-39(31)49-37)34(26-30)48-38(51)29-61-25-24-60-23-22-59-21-20-58-19-18-57-17-16-56-15-11-45/h1,5-10,26,28,35,50H,2-4,11-25,27,29,45H2,(H,48,51)(H,52,53)(H2,46,47,49)/t35-/m0/s1. The van der Waals surface area contributed by atoms with E-state index >= 15 is 0 Å². The van der Waals surface area contributed by atoms with Crippen LogP contribution in [0.3, 0.4) is 0 Å². The number of carbonyl (C=O) groups excluding carboxylic acids is 1. The zero-order chi connectivity index (χ0) is 45.3. The zero-order valence-electron chi connectivity index (χ0n) is 34.9. The third-order valence-electron chi connectivity index (χ3n) is 8.96. The molecule has 0 radical (unpaired) electrons. The number of alkyl halides is 3. The fraction of sp³-hybridized carbons (Fsp3) is 0.537. The molecule has 1 aliphatic heterocycles. The Morgan fingerprint density at radius 1 is 0.841 bits per heavy atom. The number of carboxylic acid groups (broad SMARTS) is 1. The van der Waals surface area contributed by atoms with Crippen molar-refractivity contribution in [3.63, 3.8) is 0 Å². The number of nitrogens with two attached hydrogens (primary N) is 1. The number of anilines is 3. The molecule has 0 aliphatic carbocycles. The maximum atomic E-state index is 13.3. The van der Waals surface area contributed by atoms with E-state index in [4.69, 9.17) is 38.9 Å². The minimum atomic E-state index is -4.82. The Balaban J connectivity index is 1.25. The van der Waals surface area contributed by atoms with Gasteiger partial charge in [0.2, 0.25) is 15.9 Å². The summed E-state index contributed by atoms with van der Waals surface area (Å²) in [5.41, 5.74) is 5.71. The van der Waals surface area contributed by atoms with Crippen molar-refractivity contribution in [3.05, 3.63) is 71.3 Å². The van der Waals surface area contributed by atoms with Crippen molar-refractivity contribution in [3.8, 4) is 5.75 Å². The van der Waals surface area contributed by atoms with Gasteiger partial charge in [-0.1, -0.05) is 18.2 Å². The first-order chi connectivity index (χ1) is 30.4. The number of halogens is 3. The molecule has 7 N–H and O–H groups in total. The SMILES string of the molecule is NCCOCCOCCOCCOCCOCCOCC(=O)Nc1cc(C[C@H](NS(=O)(=O)c2cccc(C(F)(F)F)c2)C(=O)O)ccc1OCCCNc1ccc2c(n1)NCCC2. The topological polar surface area (TPSA) is 240 Å². The number of rotatable bonds is 32. The fourth-order valence-corrected chi connectivity index (χ4v) is 7.10. The van der Waals surface area contributed by atoms with Crippen molar-refractivity contribution in [2.75, 3.05) is 121 Å². The maximum absolute atomic E-state index is 13.3. The number of hydrogen-bond donors (Lipinski definition) is 6. The summed E-state index contributed by atoms with van der Waals surface area (Å²) in [7, 11) is -4.71. The number of pyridine rings is 1. The fourth-order valence-electron chi connectivity index (χ4n) is 5.87. The lowest BCUT2D eigenvalue weighted by atomic mass is 10.1. The molecule has 4 rings (SSSR count). The van der Waals surface area contributed by atoms with Gasteiger partial charge in [0, 0.05) is 19.6 Å². The van der Waals surface area contributed by atoms with Crippen LogP contribution in [0.15, 0.2) is 59.5 Å². The van der Waals surface area contributed by atoms with E-state index in [-0.39, 0.29) is 43.4 Å². The van der Waals surface area contributed by atoms with Crippen molar-refractivity contribution in [1.82, 2.24) is 9.71 Å². The van der Waals surface area contributed by atoms with E-state index in [2.05, 4.69) is 20.9 Å². The molecule has 18 nitrogen and oxygen atoms in total. The molecule has 3 aromatic rings. The van der Waals surface area contributed by atoms with Gasteiger partial charge in [-0.25, -0.2) is 13.4 Å². The maximum Gasteiger partial charge on any atom is 0.416 e. The monoisotopic (exact) mass is 914 g/mol. The Bertz CT molecular complexity index is 1960. The van der Waals surface area contributed by atoms with Crippen LogP contribution in [0.1, 0.15) is 29.5 Å². The average molecular weight is 915 g/mol. The predicted molar refractivity (Wildman–Crippen MR) is 226 cm³/mol. The number of nitrogens with zero attached hydrogens (tertiary/aromatic N) is 1. The van der Waals surface area contributed by atoms with E-state index in [1.807, 2.05) is 16.9 Å². The highest BCUT2D eigenvalue weighted by Gasteiger charge is 2.33. The van der Waals surface area contributed by atoms with E-state index in [1.54, 1.807) is 0 Å². The first kappa shape index (κ1) is 51.0. The molecule has 2 aromatic carbocycles. The lowest BCUT2D eigenvalue weighted by Gasteiger charge is -2.18. The highest BCUT2D eigenvalue weighted by atomic mass is 32.2. The number of carboxylic acids is 1. The second kappa shape index (κ2) is 27.5. The van der Waals surface area contributed by atoms with Gasteiger partial charge >= 0.3 is 12.1 Å². The largest absolute Gasteiger partial charge is 0.491 e. The summed E-state index contributed by atoms with van der Waals surface area (Å²) in [5.74, 6) is -0.347. The molecule has 22 heteroatoms. The number of carbonyl (C=O) groups is 2. The molecular formula is C41H57F3N6O12S. The number of aliphatic carboxylic acids is 1. The van der Waals surface area contributed by atoms with Crippen LogP contribution in [0.4, 0.5) is 30.5 Å². The molecule has 0 bridgehead atoms. The highest BCUT2D eigenvalue weighted by molar-refractivity contribution is 7.89. The van der Waals surface area contributed by atoms with E-state index in [0.29, 0.717) is 96.9 Å². The Labute approximate surface area is 364 Å². The molecule has 2 heterocycles. The Morgan fingerprint density at radius 2 is 1.49 bits per heavy atom. The van der Waals surface area contributed by atoms with Crippen molar-refractivity contribution in [2.45, 2.75) is 42.8 Å². The van der Waals surface area contributed by atoms with Crippen LogP contribution in [-0.4, -0.2) is 142 Å². The minimum absolute atomic E-state index is 0.0889. The van der Waals surface area contributed by atoms with Gasteiger partial charge in [0.1, 0.15) is 30.0 Å². The second-order valence-electron chi connectivity index (χ2n) is 13.9. The van der Waals surface area contributed by atoms with Crippen LogP contribution in [0.5, 0.6) is 5.75 Å². The lowest BCUT2D eigenvalue weighted by molar-refractivity contribution is -0.139.